The molecule has 0 unspecified atom stereocenters. The molecule has 3 aromatic carbocycles. The molecular formula is C24H25ClN2O3S. The minimum absolute atomic E-state index is 0.124. The van der Waals surface area contributed by atoms with Crippen molar-refractivity contribution >= 4 is 38.3 Å². The average molecular weight is 457 g/mol. The fourth-order valence-electron chi connectivity index (χ4n) is 4.02. The lowest BCUT2D eigenvalue weighted by atomic mass is 9.98. The molecule has 4 rings (SSSR count). The van der Waals surface area contributed by atoms with Crippen LogP contribution in [0.2, 0.25) is 5.02 Å². The standard InChI is InChI=1S/C24H25ClN2O3S/c1-17(18-8-11-22(25)12-9-18)26-24(28)21-7-4-14-27(16-21)31(29,30)23-13-10-19-5-2-3-6-20(19)15-23/h2-3,5-6,8-13,15,17,21H,4,7,14,16H2,1H3,(H,26,28)/t17-,21+/m0/s1. The van der Waals surface area contributed by atoms with Gasteiger partial charge in [0.15, 0.2) is 0 Å². The van der Waals surface area contributed by atoms with E-state index in [2.05, 4.69) is 5.32 Å². The number of hydrogen-bond donors (Lipinski definition) is 1. The molecule has 0 bridgehead atoms. The summed E-state index contributed by atoms with van der Waals surface area (Å²) in [6, 6.07) is 20.0. The summed E-state index contributed by atoms with van der Waals surface area (Å²) in [6.45, 7) is 2.52. The molecule has 162 valence electrons. The third-order valence-electron chi connectivity index (χ3n) is 5.84. The molecule has 0 spiro atoms. The van der Waals surface area contributed by atoms with Gasteiger partial charge < -0.3 is 5.32 Å². The topological polar surface area (TPSA) is 66.5 Å². The Labute approximate surface area is 188 Å². The van der Waals surface area contributed by atoms with E-state index in [0.717, 1.165) is 16.3 Å². The van der Waals surface area contributed by atoms with Crippen molar-refractivity contribution in [1.82, 2.24) is 9.62 Å². The van der Waals surface area contributed by atoms with Crippen molar-refractivity contribution in [3.05, 3.63) is 77.3 Å². The Bertz CT molecular complexity index is 1190. The van der Waals surface area contributed by atoms with Crippen molar-refractivity contribution in [2.45, 2.75) is 30.7 Å². The molecule has 1 aliphatic rings. The van der Waals surface area contributed by atoms with Crippen LogP contribution in [0, 0.1) is 5.92 Å². The van der Waals surface area contributed by atoms with Crippen molar-refractivity contribution < 1.29 is 13.2 Å². The summed E-state index contributed by atoms with van der Waals surface area (Å²) in [4.78, 5) is 13.1. The zero-order chi connectivity index (χ0) is 22.0. The zero-order valence-corrected chi connectivity index (χ0v) is 18.9. The van der Waals surface area contributed by atoms with Gasteiger partial charge in [-0.15, -0.1) is 0 Å². The van der Waals surface area contributed by atoms with E-state index in [1.165, 1.54) is 4.31 Å². The first-order chi connectivity index (χ1) is 14.8. The Kier molecular flexibility index (Phi) is 6.32. The third-order valence-corrected chi connectivity index (χ3v) is 7.96. The van der Waals surface area contributed by atoms with Crippen LogP contribution in [0.25, 0.3) is 10.8 Å². The lowest BCUT2D eigenvalue weighted by Gasteiger charge is -2.32. The molecule has 1 aliphatic heterocycles. The summed E-state index contributed by atoms with van der Waals surface area (Å²) in [7, 11) is -3.67. The van der Waals surface area contributed by atoms with Crippen LogP contribution in [0.4, 0.5) is 0 Å². The Morgan fingerprint density at radius 3 is 2.52 bits per heavy atom. The van der Waals surface area contributed by atoms with Crippen LogP contribution in [0.15, 0.2) is 71.6 Å². The fourth-order valence-corrected chi connectivity index (χ4v) is 5.70. The van der Waals surface area contributed by atoms with Crippen molar-refractivity contribution in [3.63, 3.8) is 0 Å². The number of sulfonamides is 1. The van der Waals surface area contributed by atoms with Crippen LogP contribution in [0.3, 0.4) is 0 Å². The van der Waals surface area contributed by atoms with Gasteiger partial charge in [-0.1, -0.05) is 54.1 Å². The van der Waals surface area contributed by atoms with Crippen molar-refractivity contribution in [2.75, 3.05) is 13.1 Å². The maximum absolute atomic E-state index is 13.3. The van der Waals surface area contributed by atoms with Crippen molar-refractivity contribution in [3.8, 4) is 0 Å². The predicted molar refractivity (Wildman–Crippen MR) is 123 cm³/mol. The minimum Gasteiger partial charge on any atom is -0.349 e. The Balaban J connectivity index is 1.47. The van der Waals surface area contributed by atoms with Crippen LogP contribution in [0.1, 0.15) is 31.4 Å². The number of benzene rings is 3. The van der Waals surface area contributed by atoms with Crippen LogP contribution >= 0.6 is 11.6 Å². The van der Waals surface area contributed by atoms with Gasteiger partial charge in [-0.2, -0.15) is 4.31 Å². The predicted octanol–water partition coefficient (Wildman–Crippen LogP) is 4.77. The van der Waals surface area contributed by atoms with E-state index in [4.69, 9.17) is 11.6 Å². The molecule has 31 heavy (non-hydrogen) atoms. The summed E-state index contributed by atoms with van der Waals surface area (Å²) < 4.78 is 28.0. The largest absolute Gasteiger partial charge is 0.349 e. The molecule has 1 heterocycles. The van der Waals surface area contributed by atoms with Gasteiger partial charge in [0.25, 0.3) is 0 Å². The first-order valence-electron chi connectivity index (χ1n) is 10.4. The average Bonchev–Trinajstić information content (AvgIpc) is 2.79. The number of hydrogen-bond acceptors (Lipinski definition) is 3. The summed E-state index contributed by atoms with van der Waals surface area (Å²) in [5.74, 6) is -0.500. The van der Waals surface area contributed by atoms with E-state index < -0.39 is 10.0 Å². The number of nitrogens with one attached hydrogen (secondary N) is 1. The highest BCUT2D eigenvalue weighted by Gasteiger charge is 2.33. The SMILES string of the molecule is C[C@H](NC(=O)[C@@H]1CCCN(S(=O)(=O)c2ccc3ccccc3c2)C1)c1ccc(Cl)cc1. The Morgan fingerprint density at radius 1 is 1.06 bits per heavy atom. The number of carbonyl (C=O) groups is 1. The minimum atomic E-state index is -3.67. The molecule has 0 radical (unpaired) electrons. The molecule has 1 amide bonds. The number of rotatable bonds is 5. The summed E-state index contributed by atoms with van der Waals surface area (Å²) in [5.41, 5.74) is 0.953. The molecular weight excluding hydrogens is 432 g/mol. The quantitative estimate of drug-likeness (QED) is 0.601. The molecule has 3 aromatic rings. The summed E-state index contributed by atoms with van der Waals surface area (Å²) >= 11 is 5.94. The molecule has 7 heteroatoms. The molecule has 1 saturated heterocycles. The van der Waals surface area contributed by atoms with Crippen LogP contribution in [-0.4, -0.2) is 31.7 Å². The summed E-state index contributed by atoms with van der Waals surface area (Å²) in [5, 5.41) is 5.54. The van der Waals surface area contributed by atoms with Crippen LogP contribution in [0.5, 0.6) is 0 Å². The number of nitrogens with zero attached hydrogens (tertiary/aromatic N) is 1. The molecule has 5 nitrogen and oxygen atoms in total. The van der Waals surface area contributed by atoms with E-state index in [1.807, 2.05) is 49.4 Å². The highest BCUT2D eigenvalue weighted by atomic mass is 35.5. The van der Waals surface area contributed by atoms with Gasteiger partial charge in [0.2, 0.25) is 15.9 Å². The van der Waals surface area contributed by atoms with Crippen molar-refractivity contribution in [1.29, 1.82) is 0 Å². The second kappa shape index (κ2) is 8.99. The van der Waals surface area contributed by atoms with E-state index >= 15 is 0 Å². The van der Waals surface area contributed by atoms with Gasteiger partial charge in [-0.05, 0) is 60.4 Å². The number of piperidine rings is 1. The van der Waals surface area contributed by atoms with E-state index in [9.17, 15) is 13.2 Å². The Morgan fingerprint density at radius 2 is 1.77 bits per heavy atom. The van der Waals surface area contributed by atoms with Crippen LogP contribution < -0.4 is 5.32 Å². The van der Waals surface area contributed by atoms with E-state index in [0.29, 0.717) is 24.4 Å². The third kappa shape index (κ3) is 4.76. The van der Waals surface area contributed by atoms with Gasteiger partial charge in [0.1, 0.15) is 0 Å². The van der Waals surface area contributed by atoms with Gasteiger partial charge in [0, 0.05) is 18.1 Å². The van der Waals surface area contributed by atoms with Gasteiger partial charge >= 0.3 is 0 Å². The first-order valence-corrected chi connectivity index (χ1v) is 12.2. The van der Waals surface area contributed by atoms with Crippen molar-refractivity contribution in [2.24, 2.45) is 5.92 Å². The number of amides is 1. The molecule has 2 atom stereocenters. The van der Waals surface area contributed by atoms with Gasteiger partial charge in [-0.25, -0.2) is 8.42 Å². The highest BCUT2D eigenvalue weighted by Crippen LogP contribution is 2.27. The lowest BCUT2D eigenvalue weighted by Crippen LogP contribution is -2.45. The molecule has 0 aliphatic carbocycles. The molecule has 0 saturated carbocycles. The normalized spacial score (nSPS) is 18.6. The number of fused-ring (bicyclic) bond motifs is 1. The second-order valence-electron chi connectivity index (χ2n) is 7.99. The van der Waals surface area contributed by atoms with E-state index in [1.54, 1.807) is 24.3 Å². The summed E-state index contributed by atoms with van der Waals surface area (Å²) in [6.07, 6.45) is 1.32. The first kappa shape index (κ1) is 21.8. The monoisotopic (exact) mass is 456 g/mol. The molecule has 1 fully saturated rings. The smallest absolute Gasteiger partial charge is 0.243 e. The zero-order valence-electron chi connectivity index (χ0n) is 17.3. The number of halogens is 1. The van der Waals surface area contributed by atoms with Gasteiger partial charge in [0.05, 0.1) is 16.9 Å². The van der Waals surface area contributed by atoms with E-state index in [-0.39, 0.29) is 29.3 Å². The lowest BCUT2D eigenvalue weighted by molar-refractivity contribution is -0.126. The Hall–Kier alpha value is -2.41. The highest BCUT2D eigenvalue weighted by molar-refractivity contribution is 7.89. The van der Waals surface area contributed by atoms with Gasteiger partial charge in [-0.3, -0.25) is 4.79 Å². The molecule has 0 aromatic heterocycles. The van der Waals surface area contributed by atoms with Crippen LogP contribution in [-0.2, 0) is 14.8 Å². The molecule has 1 N–H and O–H groups in total. The number of carbonyl (C=O) groups excluding carboxylic acids is 1. The maximum Gasteiger partial charge on any atom is 0.243 e. The fraction of sp³-hybridized carbons (Fsp3) is 0.292. The second-order valence-corrected chi connectivity index (χ2v) is 10.4. The maximum atomic E-state index is 13.3.